The molecule has 5 nitrogen and oxygen atoms in total. The third-order valence-corrected chi connectivity index (χ3v) is 2.89. The zero-order valence-electron chi connectivity index (χ0n) is 12.1. The maximum Gasteiger partial charge on any atom is 0.289 e. The summed E-state index contributed by atoms with van der Waals surface area (Å²) in [4.78, 5) is 16.2. The lowest BCUT2D eigenvalue weighted by Gasteiger charge is -2.06. The van der Waals surface area contributed by atoms with Gasteiger partial charge in [-0.05, 0) is 18.6 Å². The van der Waals surface area contributed by atoms with Crippen molar-refractivity contribution >= 4 is 5.91 Å². The first-order valence-electron chi connectivity index (χ1n) is 6.61. The summed E-state index contributed by atoms with van der Waals surface area (Å²) in [7, 11) is 0. The highest BCUT2D eigenvalue weighted by Gasteiger charge is 2.15. The summed E-state index contributed by atoms with van der Waals surface area (Å²) >= 11 is 0. The molecule has 5 heteroatoms. The van der Waals surface area contributed by atoms with E-state index in [9.17, 15) is 4.79 Å². The van der Waals surface area contributed by atoms with Gasteiger partial charge in [0.1, 0.15) is 0 Å². The summed E-state index contributed by atoms with van der Waals surface area (Å²) in [6.45, 7) is 4.12. The number of nitrogens with zero attached hydrogens (tertiary/aromatic N) is 1. The zero-order chi connectivity index (χ0) is 15.2. The van der Waals surface area contributed by atoms with Crippen molar-refractivity contribution in [3.05, 3.63) is 52.7 Å². The summed E-state index contributed by atoms with van der Waals surface area (Å²) in [5, 5.41) is 2.81. The minimum atomic E-state index is -0.283. The van der Waals surface area contributed by atoms with Crippen LogP contribution in [0.15, 0.2) is 28.7 Å². The van der Waals surface area contributed by atoms with Gasteiger partial charge < -0.3 is 15.5 Å². The molecule has 0 aliphatic heterocycles. The fourth-order valence-corrected chi connectivity index (χ4v) is 1.94. The van der Waals surface area contributed by atoms with Gasteiger partial charge in [-0.2, -0.15) is 0 Å². The van der Waals surface area contributed by atoms with Crippen LogP contribution in [-0.4, -0.2) is 17.4 Å². The molecule has 0 spiro atoms. The molecule has 21 heavy (non-hydrogen) atoms. The molecule has 0 fully saturated rings. The fourth-order valence-electron chi connectivity index (χ4n) is 1.94. The second-order valence-electron chi connectivity index (χ2n) is 4.49. The quantitative estimate of drug-likeness (QED) is 0.837. The molecule has 108 valence electrons. The Kier molecular flexibility index (Phi) is 4.75. The largest absolute Gasteiger partial charge is 0.436 e. The van der Waals surface area contributed by atoms with Crippen molar-refractivity contribution in [1.82, 2.24) is 10.3 Å². The van der Waals surface area contributed by atoms with Crippen LogP contribution in [0.5, 0.6) is 0 Å². The van der Waals surface area contributed by atoms with Crippen molar-refractivity contribution < 1.29 is 9.21 Å². The lowest BCUT2D eigenvalue weighted by atomic mass is 10.1. The highest BCUT2D eigenvalue weighted by atomic mass is 16.4. The van der Waals surface area contributed by atoms with Crippen molar-refractivity contribution in [3.8, 4) is 11.8 Å². The second kappa shape index (κ2) is 6.73. The van der Waals surface area contributed by atoms with Gasteiger partial charge in [0.05, 0.1) is 12.2 Å². The first-order chi connectivity index (χ1) is 10.1. The predicted molar refractivity (Wildman–Crippen MR) is 79.5 cm³/mol. The number of carbonyl (C=O) groups is 1. The lowest BCUT2D eigenvalue weighted by Crippen LogP contribution is -2.23. The SMILES string of the molecule is Cc1nc(C)c(C(=O)NCc2ccccc2C#CCN)o1. The number of hydrogen-bond acceptors (Lipinski definition) is 4. The van der Waals surface area contributed by atoms with Crippen LogP contribution in [-0.2, 0) is 6.54 Å². The third-order valence-electron chi connectivity index (χ3n) is 2.89. The van der Waals surface area contributed by atoms with E-state index >= 15 is 0 Å². The molecule has 0 saturated carbocycles. The van der Waals surface area contributed by atoms with Gasteiger partial charge in [0.25, 0.3) is 5.91 Å². The number of nitrogens with two attached hydrogens (primary N) is 1. The molecule has 0 unspecified atom stereocenters. The molecule has 1 amide bonds. The first kappa shape index (κ1) is 14.8. The van der Waals surface area contributed by atoms with Crippen LogP contribution in [0, 0.1) is 25.7 Å². The Morgan fingerprint density at radius 2 is 2.14 bits per heavy atom. The number of aryl methyl sites for hydroxylation is 2. The Morgan fingerprint density at radius 3 is 2.81 bits per heavy atom. The number of oxazole rings is 1. The van der Waals surface area contributed by atoms with Crippen LogP contribution in [0.2, 0.25) is 0 Å². The number of rotatable bonds is 3. The Labute approximate surface area is 123 Å². The molecule has 2 rings (SSSR count). The molecule has 0 saturated heterocycles. The Hall–Kier alpha value is -2.58. The van der Waals surface area contributed by atoms with E-state index in [0.717, 1.165) is 11.1 Å². The van der Waals surface area contributed by atoms with Crippen LogP contribution >= 0.6 is 0 Å². The lowest BCUT2D eigenvalue weighted by molar-refractivity contribution is 0.0921. The molecule has 0 atom stereocenters. The van der Waals surface area contributed by atoms with Gasteiger partial charge in [-0.15, -0.1) is 0 Å². The standard InChI is InChI=1S/C16H17N3O2/c1-11-15(21-12(2)19-11)16(20)18-10-14-7-4-3-6-13(14)8-5-9-17/h3-4,6-7H,9-10,17H2,1-2H3,(H,18,20). The molecule has 1 heterocycles. The minimum Gasteiger partial charge on any atom is -0.436 e. The highest BCUT2D eigenvalue weighted by molar-refractivity contribution is 5.92. The summed E-state index contributed by atoms with van der Waals surface area (Å²) in [5.41, 5.74) is 7.75. The van der Waals surface area contributed by atoms with Crippen molar-refractivity contribution in [2.24, 2.45) is 5.73 Å². The molecule has 1 aromatic carbocycles. The normalized spacial score (nSPS) is 9.86. The van der Waals surface area contributed by atoms with E-state index in [1.54, 1.807) is 13.8 Å². The van der Waals surface area contributed by atoms with Gasteiger partial charge >= 0.3 is 0 Å². The van der Waals surface area contributed by atoms with Crippen LogP contribution < -0.4 is 11.1 Å². The minimum absolute atomic E-state index is 0.248. The summed E-state index contributed by atoms with van der Waals surface area (Å²) < 4.78 is 5.29. The molecule has 3 N–H and O–H groups in total. The summed E-state index contributed by atoms with van der Waals surface area (Å²) in [6, 6.07) is 7.61. The van der Waals surface area contributed by atoms with Crippen molar-refractivity contribution in [2.75, 3.05) is 6.54 Å². The molecule has 0 radical (unpaired) electrons. The number of aromatic nitrogens is 1. The monoisotopic (exact) mass is 283 g/mol. The molecule has 0 bridgehead atoms. The van der Waals surface area contributed by atoms with Gasteiger partial charge in [0.2, 0.25) is 5.76 Å². The first-order valence-corrected chi connectivity index (χ1v) is 6.61. The zero-order valence-corrected chi connectivity index (χ0v) is 12.1. The maximum atomic E-state index is 12.1. The fraction of sp³-hybridized carbons (Fsp3) is 0.250. The van der Waals surface area contributed by atoms with Crippen LogP contribution in [0.4, 0.5) is 0 Å². The summed E-state index contributed by atoms with van der Waals surface area (Å²) in [5.74, 6) is 6.25. The highest BCUT2D eigenvalue weighted by Crippen LogP contribution is 2.11. The molecular weight excluding hydrogens is 266 g/mol. The van der Waals surface area contributed by atoms with Gasteiger partial charge in [-0.1, -0.05) is 30.0 Å². The van der Waals surface area contributed by atoms with E-state index in [0.29, 0.717) is 24.7 Å². The molecule has 0 aliphatic rings. The van der Waals surface area contributed by atoms with E-state index < -0.39 is 0 Å². The number of benzene rings is 1. The van der Waals surface area contributed by atoms with Crippen molar-refractivity contribution in [3.63, 3.8) is 0 Å². The van der Waals surface area contributed by atoms with Crippen LogP contribution in [0.25, 0.3) is 0 Å². The van der Waals surface area contributed by atoms with E-state index in [-0.39, 0.29) is 11.7 Å². The van der Waals surface area contributed by atoms with Gasteiger partial charge in [0, 0.05) is 19.0 Å². The Balaban J connectivity index is 2.10. The number of amides is 1. The number of hydrogen-bond donors (Lipinski definition) is 2. The second-order valence-corrected chi connectivity index (χ2v) is 4.49. The van der Waals surface area contributed by atoms with Crippen LogP contribution in [0.1, 0.15) is 33.3 Å². The van der Waals surface area contributed by atoms with Crippen LogP contribution in [0.3, 0.4) is 0 Å². The van der Waals surface area contributed by atoms with Crippen molar-refractivity contribution in [2.45, 2.75) is 20.4 Å². The smallest absolute Gasteiger partial charge is 0.289 e. The Morgan fingerprint density at radius 1 is 1.38 bits per heavy atom. The van der Waals surface area contributed by atoms with E-state index in [1.807, 2.05) is 24.3 Å². The van der Waals surface area contributed by atoms with Gasteiger partial charge in [-0.25, -0.2) is 4.98 Å². The number of carbonyl (C=O) groups excluding carboxylic acids is 1. The van der Waals surface area contributed by atoms with Gasteiger partial charge in [0.15, 0.2) is 5.89 Å². The molecule has 1 aromatic heterocycles. The Bertz CT molecular complexity index is 708. The summed E-state index contributed by atoms with van der Waals surface area (Å²) in [6.07, 6.45) is 0. The van der Waals surface area contributed by atoms with E-state index in [4.69, 9.17) is 10.2 Å². The average Bonchev–Trinajstić information content (AvgIpc) is 2.82. The van der Waals surface area contributed by atoms with Gasteiger partial charge in [-0.3, -0.25) is 4.79 Å². The maximum absolute atomic E-state index is 12.1. The van der Waals surface area contributed by atoms with Crippen molar-refractivity contribution in [1.29, 1.82) is 0 Å². The third kappa shape index (κ3) is 3.71. The van der Waals surface area contributed by atoms with E-state index in [1.165, 1.54) is 0 Å². The molecular formula is C16H17N3O2. The van der Waals surface area contributed by atoms with E-state index in [2.05, 4.69) is 22.1 Å². The molecule has 0 aliphatic carbocycles. The topological polar surface area (TPSA) is 81.2 Å². The molecule has 2 aromatic rings. The predicted octanol–water partition coefficient (Wildman–Crippen LogP) is 1.53. The number of nitrogens with one attached hydrogen (secondary N) is 1. The average molecular weight is 283 g/mol.